The van der Waals surface area contributed by atoms with Crippen molar-refractivity contribution in [1.29, 1.82) is 0 Å². The minimum absolute atomic E-state index is 0.101. The third-order valence-corrected chi connectivity index (χ3v) is 4.54. The molecule has 0 aliphatic carbocycles. The molecule has 1 rings (SSSR count). The second-order valence-electron chi connectivity index (χ2n) is 6.79. The standard InChI is InChI=1S/C16H32N4S/c1-8-20(11-9-10-19(6)7)15-18-14(16(2,3)4)13(21-15)12-17-5/h17H,8-12H2,1-7H3. The van der Waals surface area contributed by atoms with Crippen LogP contribution in [-0.2, 0) is 12.0 Å². The van der Waals surface area contributed by atoms with E-state index in [4.69, 9.17) is 4.98 Å². The van der Waals surface area contributed by atoms with Gasteiger partial charge in [-0.3, -0.25) is 0 Å². The maximum atomic E-state index is 4.96. The van der Waals surface area contributed by atoms with Gasteiger partial charge in [0, 0.05) is 29.9 Å². The van der Waals surface area contributed by atoms with E-state index in [2.05, 4.69) is 56.9 Å². The van der Waals surface area contributed by atoms with E-state index in [1.54, 1.807) is 0 Å². The summed E-state index contributed by atoms with van der Waals surface area (Å²) in [6.07, 6.45) is 1.17. The first-order valence-electron chi connectivity index (χ1n) is 7.84. The van der Waals surface area contributed by atoms with E-state index < -0.39 is 0 Å². The lowest BCUT2D eigenvalue weighted by molar-refractivity contribution is 0.400. The summed E-state index contributed by atoms with van der Waals surface area (Å²) in [6, 6.07) is 0. The van der Waals surface area contributed by atoms with E-state index in [9.17, 15) is 0 Å². The van der Waals surface area contributed by atoms with E-state index in [1.807, 2.05) is 18.4 Å². The summed E-state index contributed by atoms with van der Waals surface area (Å²) in [5, 5.41) is 4.44. The lowest BCUT2D eigenvalue weighted by Gasteiger charge is -2.21. The Kier molecular flexibility index (Phi) is 7.10. The van der Waals surface area contributed by atoms with Crippen molar-refractivity contribution in [3.8, 4) is 0 Å². The first kappa shape index (κ1) is 18.4. The summed E-state index contributed by atoms with van der Waals surface area (Å²) in [7, 11) is 6.26. The van der Waals surface area contributed by atoms with Crippen LogP contribution < -0.4 is 10.2 Å². The smallest absolute Gasteiger partial charge is 0.185 e. The van der Waals surface area contributed by atoms with Crippen molar-refractivity contribution in [3.05, 3.63) is 10.6 Å². The zero-order chi connectivity index (χ0) is 16.0. The molecule has 4 nitrogen and oxygen atoms in total. The number of nitrogens with zero attached hydrogens (tertiary/aromatic N) is 3. The van der Waals surface area contributed by atoms with Crippen molar-refractivity contribution in [3.63, 3.8) is 0 Å². The Morgan fingerprint density at radius 3 is 2.33 bits per heavy atom. The van der Waals surface area contributed by atoms with Crippen LogP contribution in [0.15, 0.2) is 0 Å². The molecule has 1 N–H and O–H groups in total. The molecule has 0 saturated carbocycles. The van der Waals surface area contributed by atoms with Crippen LogP contribution in [0.4, 0.5) is 5.13 Å². The van der Waals surface area contributed by atoms with Gasteiger partial charge in [0.25, 0.3) is 0 Å². The van der Waals surface area contributed by atoms with Crippen molar-refractivity contribution < 1.29 is 0 Å². The molecular formula is C16H32N4S. The van der Waals surface area contributed by atoms with Gasteiger partial charge in [-0.05, 0) is 41.0 Å². The Hall–Kier alpha value is -0.650. The van der Waals surface area contributed by atoms with E-state index in [-0.39, 0.29) is 5.41 Å². The van der Waals surface area contributed by atoms with Crippen molar-refractivity contribution in [1.82, 2.24) is 15.2 Å². The monoisotopic (exact) mass is 312 g/mol. The Balaban J connectivity index is 2.89. The Bertz CT molecular complexity index is 420. The molecule has 5 heteroatoms. The molecular weight excluding hydrogens is 280 g/mol. The third-order valence-electron chi connectivity index (χ3n) is 3.42. The second-order valence-corrected chi connectivity index (χ2v) is 7.85. The zero-order valence-electron chi connectivity index (χ0n) is 14.8. The Morgan fingerprint density at radius 1 is 1.19 bits per heavy atom. The molecule has 0 atom stereocenters. The second kappa shape index (κ2) is 8.11. The van der Waals surface area contributed by atoms with E-state index >= 15 is 0 Å². The van der Waals surface area contributed by atoms with Crippen LogP contribution in [0.2, 0.25) is 0 Å². The fourth-order valence-electron chi connectivity index (χ4n) is 2.31. The predicted molar refractivity (Wildman–Crippen MR) is 94.6 cm³/mol. The first-order chi connectivity index (χ1) is 9.79. The molecule has 1 aromatic rings. The molecule has 0 radical (unpaired) electrons. The number of hydrogen-bond donors (Lipinski definition) is 1. The van der Waals surface area contributed by atoms with Gasteiger partial charge in [-0.15, -0.1) is 11.3 Å². The molecule has 1 heterocycles. The van der Waals surface area contributed by atoms with E-state index in [0.29, 0.717) is 0 Å². The van der Waals surface area contributed by atoms with Crippen LogP contribution in [0.5, 0.6) is 0 Å². The minimum Gasteiger partial charge on any atom is -0.348 e. The van der Waals surface area contributed by atoms with Crippen molar-refractivity contribution in [2.75, 3.05) is 45.7 Å². The summed E-state index contributed by atoms with van der Waals surface area (Å²) in [4.78, 5) is 11.0. The van der Waals surface area contributed by atoms with E-state index in [0.717, 1.165) is 26.2 Å². The maximum Gasteiger partial charge on any atom is 0.185 e. The van der Waals surface area contributed by atoms with Crippen LogP contribution in [0.3, 0.4) is 0 Å². The zero-order valence-corrected chi connectivity index (χ0v) is 15.6. The summed E-state index contributed by atoms with van der Waals surface area (Å²) < 4.78 is 0. The van der Waals surface area contributed by atoms with Gasteiger partial charge >= 0.3 is 0 Å². The van der Waals surface area contributed by atoms with Crippen LogP contribution in [0, 0.1) is 0 Å². The first-order valence-corrected chi connectivity index (χ1v) is 8.65. The molecule has 122 valence electrons. The third kappa shape index (κ3) is 5.57. The normalized spacial score (nSPS) is 12.2. The topological polar surface area (TPSA) is 31.4 Å². The highest BCUT2D eigenvalue weighted by molar-refractivity contribution is 7.15. The van der Waals surface area contributed by atoms with Crippen molar-refractivity contribution in [2.24, 2.45) is 0 Å². The number of anilines is 1. The maximum absolute atomic E-state index is 4.96. The van der Waals surface area contributed by atoms with Gasteiger partial charge in [-0.1, -0.05) is 20.8 Å². The minimum atomic E-state index is 0.101. The Morgan fingerprint density at radius 2 is 1.86 bits per heavy atom. The lowest BCUT2D eigenvalue weighted by Crippen LogP contribution is -2.27. The highest BCUT2D eigenvalue weighted by Gasteiger charge is 2.24. The van der Waals surface area contributed by atoms with Gasteiger partial charge in [-0.2, -0.15) is 0 Å². The van der Waals surface area contributed by atoms with Gasteiger partial charge in [-0.25, -0.2) is 4.98 Å². The van der Waals surface area contributed by atoms with Gasteiger partial charge < -0.3 is 15.1 Å². The molecule has 0 spiro atoms. The number of nitrogens with one attached hydrogen (secondary N) is 1. The highest BCUT2D eigenvalue weighted by Crippen LogP contribution is 2.33. The molecule has 0 fully saturated rings. The van der Waals surface area contributed by atoms with Crippen LogP contribution in [0.25, 0.3) is 0 Å². The molecule has 0 bridgehead atoms. The quantitative estimate of drug-likeness (QED) is 0.800. The average molecular weight is 313 g/mol. The molecule has 0 unspecified atom stereocenters. The van der Waals surface area contributed by atoms with Gasteiger partial charge in [0.1, 0.15) is 0 Å². The predicted octanol–water partition coefficient (Wildman–Crippen LogP) is 2.94. The SMILES string of the molecule is CCN(CCCN(C)C)c1nc(C(C)(C)C)c(CNC)s1. The average Bonchev–Trinajstić information content (AvgIpc) is 2.78. The molecule has 1 aromatic heterocycles. The van der Waals surface area contributed by atoms with Crippen LogP contribution >= 0.6 is 11.3 Å². The van der Waals surface area contributed by atoms with E-state index in [1.165, 1.54) is 22.1 Å². The van der Waals surface area contributed by atoms with Crippen molar-refractivity contribution >= 4 is 16.5 Å². The number of thiazole rings is 1. The molecule has 0 aliphatic heterocycles. The number of hydrogen-bond acceptors (Lipinski definition) is 5. The van der Waals surface area contributed by atoms with Gasteiger partial charge in [0.05, 0.1) is 5.69 Å². The molecule has 21 heavy (non-hydrogen) atoms. The van der Waals surface area contributed by atoms with Crippen LogP contribution in [0.1, 0.15) is 44.7 Å². The highest BCUT2D eigenvalue weighted by atomic mass is 32.1. The fraction of sp³-hybridized carbons (Fsp3) is 0.812. The Labute approximate surface area is 134 Å². The summed E-state index contributed by atoms with van der Waals surface area (Å²) in [6.45, 7) is 13.1. The van der Waals surface area contributed by atoms with Crippen molar-refractivity contribution in [2.45, 2.75) is 46.1 Å². The number of aromatic nitrogens is 1. The largest absolute Gasteiger partial charge is 0.348 e. The van der Waals surface area contributed by atoms with Gasteiger partial charge in [0.2, 0.25) is 0 Å². The molecule has 0 amide bonds. The summed E-state index contributed by atoms with van der Waals surface area (Å²) in [5.41, 5.74) is 1.34. The molecule has 0 aliphatic rings. The van der Waals surface area contributed by atoms with Gasteiger partial charge in [0.15, 0.2) is 5.13 Å². The molecule has 0 saturated heterocycles. The van der Waals surface area contributed by atoms with Crippen LogP contribution in [-0.4, -0.2) is 50.7 Å². The number of rotatable bonds is 8. The lowest BCUT2D eigenvalue weighted by atomic mass is 9.91. The summed E-state index contributed by atoms with van der Waals surface area (Å²) >= 11 is 1.84. The summed E-state index contributed by atoms with van der Waals surface area (Å²) in [5.74, 6) is 0. The molecule has 0 aromatic carbocycles. The fourth-order valence-corrected chi connectivity index (χ4v) is 3.68.